The van der Waals surface area contributed by atoms with E-state index in [0.29, 0.717) is 15.9 Å². The highest BCUT2D eigenvalue weighted by molar-refractivity contribution is 7.99. The Morgan fingerprint density at radius 2 is 1.76 bits per heavy atom. The van der Waals surface area contributed by atoms with Crippen molar-refractivity contribution in [3.63, 3.8) is 0 Å². The van der Waals surface area contributed by atoms with E-state index in [1.54, 1.807) is 18.5 Å². The van der Waals surface area contributed by atoms with Crippen molar-refractivity contribution >= 4 is 46.5 Å². The van der Waals surface area contributed by atoms with Crippen LogP contribution >= 0.6 is 23.4 Å². The van der Waals surface area contributed by atoms with Crippen molar-refractivity contribution in [3.8, 4) is 0 Å². The predicted molar refractivity (Wildman–Crippen MR) is 135 cm³/mol. The number of para-hydroxylation sites is 1. The lowest BCUT2D eigenvalue weighted by molar-refractivity contribution is 0.220. The van der Waals surface area contributed by atoms with Crippen molar-refractivity contribution in [2.45, 2.75) is 28.8 Å². The Morgan fingerprint density at radius 3 is 2.48 bits per heavy atom. The SMILES string of the molecule is Nc1nc(N2CCC3(CC2)CN(c2ccccc2)C[C@H]3N)cnc1Sc1ccnc(N)c1Cl. The maximum absolute atomic E-state index is 6.66. The molecular formula is C23H27ClN8S. The highest BCUT2D eigenvalue weighted by Crippen LogP contribution is 2.42. The molecule has 1 spiro atoms. The number of nitrogens with zero attached hydrogens (tertiary/aromatic N) is 5. The Morgan fingerprint density at radius 1 is 1.00 bits per heavy atom. The Labute approximate surface area is 202 Å². The quantitative estimate of drug-likeness (QED) is 0.513. The van der Waals surface area contributed by atoms with Crippen LogP contribution in [0.1, 0.15) is 12.8 Å². The van der Waals surface area contributed by atoms with Gasteiger partial charge in [0.15, 0.2) is 5.82 Å². The molecule has 0 bridgehead atoms. The number of nitrogen functional groups attached to an aromatic ring is 2. The van der Waals surface area contributed by atoms with E-state index in [2.05, 4.69) is 49.0 Å². The van der Waals surface area contributed by atoms with Crippen molar-refractivity contribution in [2.24, 2.45) is 11.1 Å². The first-order valence-electron chi connectivity index (χ1n) is 11.0. The summed E-state index contributed by atoms with van der Waals surface area (Å²) >= 11 is 7.58. The molecule has 0 unspecified atom stereocenters. The number of halogens is 1. The lowest BCUT2D eigenvalue weighted by Gasteiger charge is -2.41. The smallest absolute Gasteiger partial charge is 0.158 e. The van der Waals surface area contributed by atoms with Gasteiger partial charge in [-0.15, -0.1) is 0 Å². The van der Waals surface area contributed by atoms with Gasteiger partial charge >= 0.3 is 0 Å². The molecule has 2 aliphatic heterocycles. The zero-order valence-electron chi connectivity index (χ0n) is 18.2. The number of rotatable bonds is 4. The first-order chi connectivity index (χ1) is 15.9. The molecule has 6 N–H and O–H groups in total. The van der Waals surface area contributed by atoms with Gasteiger partial charge in [-0.2, -0.15) is 0 Å². The maximum Gasteiger partial charge on any atom is 0.158 e. The molecule has 1 atom stereocenters. The monoisotopic (exact) mass is 482 g/mol. The molecule has 2 aliphatic rings. The van der Waals surface area contributed by atoms with Crippen LogP contribution in [0.5, 0.6) is 0 Å². The Balaban J connectivity index is 1.26. The number of anilines is 4. The van der Waals surface area contributed by atoms with Gasteiger partial charge in [-0.05, 0) is 31.0 Å². The van der Waals surface area contributed by atoms with Gasteiger partial charge in [0.1, 0.15) is 16.7 Å². The Bertz CT molecular complexity index is 1140. The molecule has 2 saturated heterocycles. The van der Waals surface area contributed by atoms with E-state index < -0.39 is 0 Å². The first-order valence-corrected chi connectivity index (χ1v) is 12.2. The molecule has 2 fully saturated rings. The van der Waals surface area contributed by atoms with E-state index in [1.165, 1.54) is 17.4 Å². The van der Waals surface area contributed by atoms with Gasteiger partial charge in [0, 0.05) is 54.4 Å². The molecule has 0 saturated carbocycles. The number of piperidine rings is 1. The molecule has 3 aromatic rings. The zero-order chi connectivity index (χ0) is 23.0. The molecule has 10 heteroatoms. The van der Waals surface area contributed by atoms with E-state index in [9.17, 15) is 0 Å². The summed E-state index contributed by atoms with van der Waals surface area (Å²) in [5, 5.41) is 0.989. The molecule has 8 nitrogen and oxygen atoms in total. The fourth-order valence-corrected chi connectivity index (χ4v) is 5.79. The third-order valence-corrected chi connectivity index (χ3v) is 8.33. The highest BCUT2D eigenvalue weighted by Gasteiger charge is 2.46. The van der Waals surface area contributed by atoms with Gasteiger partial charge in [-0.1, -0.05) is 41.6 Å². The molecule has 5 rings (SSSR count). The maximum atomic E-state index is 6.66. The number of hydrogen-bond donors (Lipinski definition) is 3. The van der Waals surface area contributed by atoms with Gasteiger partial charge in [0.05, 0.1) is 11.2 Å². The average Bonchev–Trinajstić information content (AvgIpc) is 3.15. The van der Waals surface area contributed by atoms with E-state index in [0.717, 1.165) is 49.7 Å². The molecule has 2 aromatic heterocycles. The second kappa shape index (κ2) is 8.89. The van der Waals surface area contributed by atoms with E-state index in [4.69, 9.17) is 28.8 Å². The molecule has 172 valence electrons. The summed E-state index contributed by atoms with van der Waals surface area (Å²) in [6.07, 6.45) is 5.42. The largest absolute Gasteiger partial charge is 0.382 e. The van der Waals surface area contributed by atoms with Crippen molar-refractivity contribution in [1.29, 1.82) is 0 Å². The van der Waals surface area contributed by atoms with Crippen LogP contribution in [-0.4, -0.2) is 47.2 Å². The first kappa shape index (κ1) is 22.1. The minimum Gasteiger partial charge on any atom is -0.382 e. The number of hydrogen-bond acceptors (Lipinski definition) is 9. The van der Waals surface area contributed by atoms with Crippen LogP contribution in [-0.2, 0) is 0 Å². The Kier molecular flexibility index (Phi) is 5.94. The van der Waals surface area contributed by atoms with E-state index in [1.807, 2.05) is 6.07 Å². The van der Waals surface area contributed by atoms with Crippen LogP contribution in [0.2, 0.25) is 5.02 Å². The summed E-state index contributed by atoms with van der Waals surface area (Å²) in [4.78, 5) is 18.6. The molecule has 0 radical (unpaired) electrons. The van der Waals surface area contributed by atoms with E-state index >= 15 is 0 Å². The van der Waals surface area contributed by atoms with Gasteiger partial charge in [0.2, 0.25) is 0 Å². The second-order valence-electron chi connectivity index (χ2n) is 8.70. The molecule has 0 aliphatic carbocycles. The third-order valence-electron chi connectivity index (χ3n) is 6.75. The zero-order valence-corrected chi connectivity index (χ0v) is 19.8. The van der Waals surface area contributed by atoms with Crippen molar-refractivity contribution in [2.75, 3.05) is 47.4 Å². The standard InChI is InChI=1S/C23H27ClN8S/c24-19-16(6-9-28-20(19)26)33-22-21(27)30-18(12-29-22)31-10-7-23(8-11-31)14-32(13-17(23)25)15-4-2-1-3-5-15/h1-6,9,12,17H,7-8,10-11,13-14,25H2,(H2,26,28)(H2,27,30)/t17-/m1/s1. The van der Waals surface area contributed by atoms with Crippen LogP contribution < -0.4 is 27.0 Å². The van der Waals surface area contributed by atoms with Gasteiger partial charge < -0.3 is 27.0 Å². The topological polar surface area (TPSA) is 123 Å². The van der Waals surface area contributed by atoms with Crippen molar-refractivity contribution < 1.29 is 0 Å². The molecule has 33 heavy (non-hydrogen) atoms. The number of benzene rings is 1. The van der Waals surface area contributed by atoms with Crippen molar-refractivity contribution in [3.05, 3.63) is 53.8 Å². The summed E-state index contributed by atoms with van der Waals surface area (Å²) in [6, 6.07) is 12.5. The fraction of sp³-hybridized carbons (Fsp3) is 0.348. The number of pyridine rings is 1. The fourth-order valence-electron chi connectivity index (χ4n) is 4.78. The van der Waals surface area contributed by atoms with Crippen LogP contribution in [0.3, 0.4) is 0 Å². The van der Waals surface area contributed by atoms with Gasteiger partial charge in [-0.3, -0.25) is 0 Å². The molecule has 4 heterocycles. The lowest BCUT2D eigenvalue weighted by atomic mass is 9.75. The van der Waals surface area contributed by atoms with Crippen LogP contribution in [0, 0.1) is 5.41 Å². The molecular weight excluding hydrogens is 456 g/mol. The van der Waals surface area contributed by atoms with Crippen LogP contribution in [0.25, 0.3) is 0 Å². The minimum absolute atomic E-state index is 0.124. The van der Waals surface area contributed by atoms with Gasteiger partial charge in [0.25, 0.3) is 0 Å². The number of nitrogens with two attached hydrogens (primary N) is 3. The number of aromatic nitrogens is 3. The third kappa shape index (κ3) is 4.28. The lowest BCUT2D eigenvalue weighted by Crippen LogP contribution is -2.49. The predicted octanol–water partition coefficient (Wildman–Crippen LogP) is 3.27. The van der Waals surface area contributed by atoms with Crippen LogP contribution in [0.15, 0.2) is 58.7 Å². The normalized spacial score (nSPS) is 19.9. The Hall–Kier alpha value is -2.75. The van der Waals surface area contributed by atoms with Crippen LogP contribution in [0.4, 0.5) is 23.1 Å². The summed E-state index contributed by atoms with van der Waals surface area (Å²) in [6.45, 7) is 3.64. The average molecular weight is 483 g/mol. The van der Waals surface area contributed by atoms with E-state index in [-0.39, 0.29) is 17.3 Å². The van der Waals surface area contributed by atoms with Gasteiger partial charge in [-0.25, -0.2) is 15.0 Å². The summed E-state index contributed by atoms with van der Waals surface area (Å²) < 4.78 is 0. The summed E-state index contributed by atoms with van der Waals surface area (Å²) in [5.41, 5.74) is 20.1. The summed E-state index contributed by atoms with van der Waals surface area (Å²) in [5.74, 6) is 1.44. The second-order valence-corrected chi connectivity index (χ2v) is 10.1. The summed E-state index contributed by atoms with van der Waals surface area (Å²) in [7, 11) is 0. The van der Waals surface area contributed by atoms with Crippen molar-refractivity contribution in [1.82, 2.24) is 15.0 Å². The minimum atomic E-state index is 0.124. The molecule has 1 aromatic carbocycles. The highest BCUT2D eigenvalue weighted by atomic mass is 35.5. The molecule has 0 amide bonds.